The molecule has 1 aromatic rings. The van der Waals surface area contributed by atoms with Gasteiger partial charge >= 0.3 is 0 Å². The molecule has 0 saturated carbocycles. The van der Waals surface area contributed by atoms with Gasteiger partial charge in [0, 0.05) is 12.1 Å². The van der Waals surface area contributed by atoms with Crippen LogP contribution in [0.25, 0.3) is 5.57 Å². The molecule has 0 aromatic heterocycles. The first kappa shape index (κ1) is 15.9. The minimum absolute atomic E-state index is 0.358. The summed E-state index contributed by atoms with van der Waals surface area (Å²) >= 11 is 12.3. The summed E-state index contributed by atoms with van der Waals surface area (Å²) in [6, 6.07) is 6.78. The number of hydrogen-bond donors (Lipinski definition) is 1. The lowest BCUT2D eigenvalue weighted by molar-refractivity contribution is 0.212. The minimum atomic E-state index is 0.358. The topological polar surface area (TPSA) is 33.6 Å². The summed E-state index contributed by atoms with van der Waals surface area (Å²) in [7, 11) is 1.60. The predicted molar refractivity (Wildman–Crippen MR) is 92.7 cm³/mol. The second-order valence-electron chi connectivity index (χ2n) is 5.79. The number of halogens is 2. The van der Waals surface area contributed by atoms with Crippen molar-refractivity contribution < 1.29 is 4.84 Å². The maximum absolute atomic E-state index is 6.22. The van der Waals surface area contributed by atoms with Crippen LogP contribution in [0.15, 0.2) is 28.9 Å². The predicted octanol–water partition coefficient (Wildman–Crippen LogP) is 4.68. The Balaban J connectivity index is 2.13. The molecule has 1 fully saturated rings. The highest BCUT2D eigenvalue weighted by Crippen LogP contribution is 2.39. The average Bonchev–Trinajstić information content (AvgIpc) is 2.90. The molecule has 0 radical (unpaired) electrons. The maximum atomic E-state index is 6.22. The normalized spacial score (nSPS) is 24.8. The highest BCUT2D eigenvalue weighted by molar-refractivity contribution is 6.42. The summed E-state index contributed by atoms with van der Waals surface area (Å²) in [4.78, 5) is 5.06. The van der Waals surface area contributed by atoms with Crippen molar-refractivity contribution in [2.45, 2.75) is 44.7 Å². The molecule has 2 aliphatic rings. The zero-order chi connectivity index (χ0) is 15.7. The van der Waals surface area contributed by atoms with Gasteiger partial charge in [-0.25, -0.2) is 0 Å². The number of rotatable bonds is 4. The van der Waals surface area contributed by atoms with E-state index in [2.05, 4.69) is 17.4 Å². The van der Waals surface area contributed by atoms with Crippen molar-refractivity contribution in [1.29, 1.82) is 0 Å². The molecule has 1 unspecified atom stereocenters. The van der Waals surface area contributed by atoms with E-state index < -0.39 is 0 Å². The molecule has 2 atom stereocenters. The zero-order valence-corrected chi connectivity index (χ0v) is 14.3. The van der Waals surface area contributed by atoms with E-state index >= 15 is 0 Å². The van der Waals surface area contributed by atoms with Crippen molar-refractivity contribution in [1.82, 2.24) is 5.32 Å². The Hall–Kier alpha value is -1.03. The molecule has 0 amide bonds. The van der Waals surface area contributed by atoms with Crippen LogP contribution in [0.2, 0.25) is 10.0 Å². The van der Waals surface area contributed by atoms with Gasteiger partial charge in [-0.1, -0.05) is 41.3 Å². The minimum Gasteiger partial charge on any atom is -0.399 e. The standard InChI is InChI=1S/C17H20Cl2N2O/c1-3-15(21-22-2)17-12(9-11-5-7-16(17)20-11)10-4-6-13(18)14(19)8-10/h4,6,8,11,16,20H,3,5,7,9H2,1-2H3/t11?,16-/m0/s1. The summed E-state index contributed by atoms with van der Waals surface area (Å²) in [5, 5.41) is 9.13. The van der Waals surface area contributed by atoms with Crippen LogP contribution in [0.4, 0.5) is 0 Å². The fraction of sp³-hybridized carbons (Fsp3) is 0.471. The fourth-order valence-electron chi connectivity index (χ4n) is 3.52. The van der Waals surface area contributed by atoms with E-state index in [0.29, 0.717) is 22.1 Å². The lowest BCUT2D eigenvalue weighted by atomic mass is 9.86. The molecule has 22 heavy (non-hydrogen) atoms. The average molecular weight is 339 g/mol. The van der Waals surface area contributed by atoms with Gasteiger partial charge in [-0.2, -0.15) is 0 Å². The number of benzene rings is 1. The molecule has 0 spiro atoms. The van der Waals surface area contributed by atoms with Gasteiger partial charge in [0.25, 0.3) is 0 Å². The summed E-state index contributed by atoms with van der Waals surface area (Å²) in [5.41, 5.74) is 4.75. The van der Waals surface area contributed by atoms with Crippen LogP contribution < -0.4 is 5.32 Å². The lowest BCUT2D eigenvalue weighted by Gasteiger charge is -2.29. The Morgan fingerprint density at radius 3 is 2.82 bits per heavy atom. The number of fused-ring (bicyclic) bond motifs is 2. The van der Waals surface area contributed by atoms with Gasteiger partial charge in [0.1, 0.15) is 7.11 Å². The van der Waals surface area contributed by atoms with Crippen molar-refractivity contribution in [3.8, 4) is 0 Å². The molecule has 2 aliphatic heterocycles. The van der Waals surface area contributed by atoms with E-state index in [9.17, 15) is 0 Å². The van der Waals surface area contributed by atoms with E-state index in [1.54, 1.807) is 7.11 Å². The Morgan fingerprint density at radius 2 is 2.14 bits per heavy atom. The first-order chi connectivity index (χ1) is 10.6. The molecule has 1 saturated heterocycles. The monoisotopic (exact) mass is 338 g/mol. The second kappa shape index (κ2) is 6.61. The van der Waals surface area contributed by atoms with E-state index in [4.69, 9.17) is 28.0 Å². The highest BCUT2D eigenvalue weighted by atomic mass is 35.5. The molecule has 118 valence electrons. The van der Waals surface area contributed by atoms with Crippen molar-refractivity contribution in [2.24, 2.45) is 5.16 Å². The first-order valence-corrected chi connectivity index (χ1v) is 8.44. The number of hydrogen-bond acceptors (Lipinski definition) is 3. The SMILES string of the molecule is CCC(=NOC)C1=C(c2ccc(Cl)c(Cl)c2)CC2CC[C@@H]1N2. The van der Waals surface area contributed by atoms with Gasteiger partial charge in [0.05, 0.1) is 15.8 Å². The van der Waals surface area contributed by atoms with E-state index in [-0.39, 0.29) is 0 Å². The van der Waals surface area contributed by atoms with Crippen LogP contribution in [-0.2, 0) is 4.84 Å². The van der Waals surface area contributed by atoms with Crippen LogP contribution in [0.3, 0.4) is 0 Å². The van der Waals surface area contributed by atoms with Gasteiger partial charge in [0.15, 0.2) is 0 Å². The van der Waals surface area contributed by atoms with Gasteiger partial charge in [0.2, 0.25) is 0 Å². The quantitative estimate of drug-likeness (QED) is 0.638. The van der Waals surface area contributed by atoms with Crippen LogP contribution >= 0.6 is 23.2 Å². The van der Waals surface area contributed by atoms with Crippen molar-refractivity contribution in [3.05, 3.63) is 39.4 Å². The van der Waals surface area contributed by atoms with Crippen LogP contribution in [-0.4, -0.2) is 24.9 Å². The van der Waals surface area contributed by atoms with E-state index in [1.807, 2.05) is 18.2 Å². The summed E-state index contributed by atoms with van der Waals surface area (Å²) in [6.07, 6.45) is 4.18. The number of nitrogens with one attached hydrogen (secondary N) is 1. The van der Waals surface area contributed by atoms with E-state index in [1.165, 1.54) is 17.6 Å². The molecule has 1 N–H and O–H groups in total. The van der Waals surface area contributed by atoms with Gasteiger partial charge in [-0.3, -0.25) is 0 Å². The van der Waals surface area contributed by atoms with Gasteiger partial charge in [-0.15, -0.1) is 0 Å². The molecular weight excluding hydrogens is 319 g/mol. The van der Waals surface area contributed by atoms with Gasteiger partial charge < -0.3 is 10.2 Å². The third kappa shape index (κ3) is 2.90. The number of oxime groups is 1. The molecule has 0 aliphatic carbocycles. The fourth-order valence-corrected chi connectivity index (χ4v) is 3.82. The molecule has 3 nitrogen and oxygen atoms in total. The van der Waals surface area contributed by atoms with Crippen molar-refractivity contribution in [2.75, 3.05) is 7.11 Å². The molecule has 2 heterocycles. The van der Waals surface area contributed by atoms with Crippen molar-refractivity contribution in [3.63, 3.8) is 0 Å². The lowest BCUT2D eigenvalue weighted by Crippen LogP contribution is -2.38. The number of nitrogens with zero attached hydrogens (tertiary/aromatic N) is 1. The van der Waals surface area contributed by atoms with Crippen LogP contribution in [0, 0.1) is 0 Å². The maximum Gasteiger partial charge on any atom is 0.106 e. The molecule has 2 bridgehead atoms. The largest absolute Gasteiger partial charge is 0.399 e. The highest BCUT2D eigenvalue weighted by Gasteiger charge is 2.36. The molecular formula is C17H20Cl2N2O. The first-order valence-electron chi connectivity index (χ1n) is 7.69. The summed E-state index contributed by atoms with van der Waals surface area (Å²) in [5.74, 6) is 0. The summed E-state index contributed by atoms with van der Waals surface area (Å²) in [6.45, 7) is 2.11. The molecule has 3 rings (SSSR count). The smallest absolute Gasteiger partial charge is 0.106 e. The molecule has 1 aromatic carbocycles. The Labute approximate surface area is 141 Å². The van der Waals surface area contributed by atoms with Crippen LogP contribution in [0.1, 0.15) is 38.2 Å². The van der Waals surface area contributed by atoms with Crippen molar-refractivity contribution >= 4 is 34.5 Å². The zero-order valence-electron chi connectivity index (χ0n) is 12.8. The van der Waals surface area contributed by atoms with Crippen LogP contribution in [0.5, 0.6) is 0 Å². The van der Waals surface area contributed by atoms with E-state index in [0.717, 1.165) is 30.5 Å². The Bertz CT molecular complexity index is 640. The Kier molecular flexibility index (Phi) is 4.76. The summed E-state index contributed by atoms with van der Waals surface area (Å²) < 4.78 is 0. The molecule has 5 heteroatoms. The second-order valence-corrected chi connectivity index (χ2v) is 6.61. The van der Waals surface area contributed by atoms with Gasteiger partial charge in [-0.05, 0) is 54.5 Å². The Morgan fingerprint density at radius 1 is 1.32 bits per heavy atom. The third-order valence-electron chi connectivity index (χ3n) is 4.48. The third-order valence-corrected chi connectivity index (χ3v) is 5.22.